The molecule has 5 atom stereocenters. The summed E-state index contributed by atoms with van der Waals surface area (Å²) in [6.45, 7) is 1.52. The second kappa shape index (κ2) is 7.16. The first-order valence-corrected chi connectivity index (χ1v) is 4.54. The van der Waals surface area contributed by atoms with Crippen LogP contribution in [0.4, 0.5) is 0 Å². The Bertz CT molecular complexity index is 179. The Labute approximate surface area is 110 Å². The van der Waals surface area contributed by atoms with Gasteiger partial charge in [-0.25, -0.2) is 0 Å². The molecule has 7 heteroatoms. The van der Waals surface area contributed by atoms with E-state index in [1.54, 1.807) is 6.92 Å². The van der Waals surface area contributed by atoms with Gasteiger partial charge in [0.1, 0.15) is 24.4 Å². The molecule has 15 heavy (non-hydrogen) atoms. The maximum absolute atomic E-state index is 9.43. The summed E-state index contributed by atoms with van der Waals surface area (Å²) in [4.78, 5) is 0. The summed E-state index contributed by atoms with van der Waals surface area (Å²) in [5.74, 6) is 0. The molecule has 0 aliphatic carbocycles. The molecule has 6 nitrogen and oxygen atoms in total. The number of aliphatic hydroxyl groups is 4. The maximum Gasteiger partial charge on any atom is 0.186 e. The monoisotopic (exact) mass is 231 g/mol. The minimum absolute atomic E-state index is 0. The fourth-order valence-electron chi connectivity index (χ4n) is 1.40. The number of hydrogen-bond donors (Lipinski definition) is 4. The number of hydrogen-bond acceptors (Lipinski definition) is 6. The molecular weight excluding hydrogens is 215 g/mol. The molecule has 1 fully saturated rings. The van der Waals surface area contributed by atoms with Gasteiger partial charge in [-0.1, -0.05) is 0 Å². The van der Waals surface area contributed by atoms with Gasteiger partial charge in [0.2, 0.25) is 0 Å². The summed E-state index contributed by atoms with van der Waals surface area (Å²) >= 11 is 0. The molecule has 1 rings (SSSR count). The third kappa shape index (κ3) is 3.62. The molecule has 0 saturated carbocycles. The van der Waals surface area contributed by atoms with Crippen molar-refractivity contribution in [1.29, 1.82) is 0 Å². The third-order valence-corrected chi connectivity index (χ3v) is 2.15. The average molecular weight is 231 g/mol. The molecule has 0 aromatic heterocycles. The molecule has 0 aromatic rings. The number of aliphatic hydroxyl groups excluding tert-OH is 4. The Morgan fingerprint density at radius 1 is 1.33 bits per heavy atom. The molecule has 0 amide bonds. The molecule has 1 heterocycles. The normalized spacial score (nSPS) is 37.4. The van der Waals surface area contributed by atoms with E-state index in [1.165, 1.54) is 0 Å². The second-order valence-electron chi connectivity index (χ2n) is 3.16. The first kappa shape index (κ1) is 15.8. The standard InChI is InChI=1S/C8H16O6.Na/c1-2-13-8-6(12)5(11)7(14-8)4(10)3-9;/h4-12H,2-3H2,1H3;/t4-,5-,6-,7+,8-;/m1./s1. The van der Waals surface area contributed by atoms with Crippen LogP contribution in [-0.2, 0) is 9.47 Å². The van der Waals surface area contributed by atoms with E-state index in [2.05, 4.69) is 0 Å². The van der Waals surface area contributed by atoms with Crippen LogP contribution in [0.3, 0.4) is 0 Å². The second-order valence-corrected chi connectivity index (χ2v) is 3.16. The smallest absolute Gasteiger partial charge is 0.186 e. The van der Waals surface area contributed by atoms with E-state index >= 15 is 0 Å². The predicted octanol–water partition coefficient (Wildman–Crippen LogP) is -2.56. The Balaban J connectivity index is 0.00000196. The van der Waals surface area contributed by atoms with Gasteiger partial charge in [0.25, 0.3) is 0 Å². The Hall–Kier alpha value is 0.760. The van der Waals surface area contributed by atoms with E-state index in [-0.39, 0.29) is 29.6 Å². The predicted molar refractivity (Wildman–Crippen MR) is 51.1 cm³/mol. The van der Waals surface area contributed by atoms with Crippen LogP contribution in [0.2, 0.25) is 0 Å². The van der Waals surface area contributed by atoms with Crippen LogP contribution >= 0.6 is 0 Å². The zero-order valence-electron chi connectivity index (χ0n) is 8.91. The minimum Gasteiger partial charge on any atom is -0.394 e. The molecule has 1 aliphatic rings. The minimum atomic E-state index is -1.24. The van der Waals surface area contributed by atoms with Gasteiger partial charge in [0, 0.05) is 36.2 Å². The van der Waals surface area contributed by atoms with Crippen molar-refractivity contribution in [2.75, 3.05) is 13.2 Å². The topological polar surface area (TPSA) is 99.4 Å². The first-order chi connectivity index (χ1) is 6.61. The molecule has 0 aromatic carbocycles. The van der Waals surface area contributed by atoms with Gasteiger partial charge in [0.15, 0.2) is 6.29 Å². The van der Waals surface area contributed by atoms with Gasteiger partial charge < -0.3 is 29.9 Å². The van der Waals surface area contributed by atoms with Crippen LogP contribution in [0.5, 0.6) is 0 Å². The van der Waals surface area contributed by atoms with Gasteiger partial charge in [-0.2, -0.15) is 0 Å². The van der Waals surface area contributed by atoms with E-state index in [4.69, 9.17) is 14.6 Å². The van der Waals surface area contributed by atoms with E-state index in [1.807, 2.05) is 0 Å². The summed E-state index contributed by atoms with van der Waals surface area (Å²) < 4.78 is 10.0. The summed E-state index contributed by atoms with van der Waals surface area (Å²) in [5, 5.41) is 36.7. The molecule has 4 N–H and O–H groups in total. The van der Waals surface area contributed by atoms with Crippen molar-refractivity contribution in [3.63, 3.8) is 0 Å². The Kier molecular flexibility index (Phi) is 7.52. The summed E-state index contributed by atoms with van der Waals surface area (Å²) in [6, 6.07) is 0. The molecule has 1 aliphatic heterocycles. The van der Waals surface area contributed by atoms with Crippen molar-refractivity contribution in [2.45, 2.75) is 37.6 Å². The van der Waals surface area contributed by atoms with Crippen molar-refractivity contribution in [2.24, 2.45) is 0 Å². The van der Waals surface area contributed by atoms with E-state index in [0.29, 0.717) is 6.61 Å². The molecular formula is C8H16NaO6. The maximum atomic E-state index is 9.43. The molecule has 1 radical (unpaired) electrons. The van der Waals surface area contributed by atoms with E-state index < -0.39 is 37.3 Å². The van der Waals surface area contributed by atoms with Crippen LogP contribution in [-0.4, -0.2) is 93.9 Å². The number of ether oxygens (including phenoxy) is 2. The summed E-state index contributed by atoms with van der Waals surface area (Å²) in [7, 11) is 0. The fourth-order valence-corrected chi connectivity index (χ4v) is 1.40. The van der Waals surface area contributed by atoms with Crippen molar-refractivity contribution in [3.05, 3.63) is 0 Å². The van der Waals surface area contributed by atoms with Crippen molar-refractivity contribution < 1.29 is 29.9 Å². The first-order valence-electron chi connectivity index (χ1n) is 4.54. The van der Waals surface area contributed by atoms with E-state index in [9.17, 15) is 15.3 Å². The van der Waals surface area contributed by atoms with E-state index in [0.717, 1.165) is 0 Å². The van der Waals surface area contributed by atoms with Crippen molar-refractivity contribution in [3.8, 4) is 0 Å². The molecule has 0 bridgehead atoms. The van der Waals surface area contributed by atoms with Crippen LogP contribution in [0.25, 0.3) is 0 Å². The molecule has 0 spiro atoms. The van der Waals surface area contributed by atoms with Crippen molar-refractivity contribution in [1.82, 2.24) is 0 Å². The van der Waals surface area contributed by atoms with Gasteiger partial charge in [-0.05, 0) is 6.92 Å². The average Bonchev–Trinajstić information content (AvgIpc) is 2.46. The summed E-state index contributed by atoms with van der Waals surface area (Å²) in [6.07, 6.45) is -5.60. The zero-order valence-corrected chi connectivity index (χ0v) is 10.9. The zero-order chi connectivity index (χ0) is 10.7. The van der Waals surface area contributed by atoms with Gasteiger partial charge in [-0.15, -0.1) is 0 Å². The SMILES string of the molecule is CCO[C@@H]1O[C@@H]([C@H](O)CO)[C@H](O)[C@H]1O.[Na]. The molecule has 0 unspecified atom stereocenters. The van der Waals surface area contributed by atoms with Crippen LogP contribution in [0.15, 0.2) is 0 Å². The Morgan fingerprint density at radius 2 is 1.93 bits per heavy atom. The quantitative estimate of drug-likeness (QED) is 0.397. The van der Waals surface area contributed by atoms with Crippen molar-refractivity contribution >= 4 is 29.6 Å². The largest absolute Gasteiger partial charge is 0.394 e. The third-order valence-electron chi connectivity index (χ3n) is 2.15. The Morgan fingerprint density at radius 3 is 2.40 bits per heavy atom. The van der Waals surface area contributed by atoms with Gasteiger partial charge in [0.05, 0.1) is 6.61 Å². The van der Waals surface area contributed by atoms with Crippen LogP contribution in [0.1, 0.15) is 6.92 Å². The van der Waals surface area contributed by atoms with Gasteiger partial charge >= 0.3 is 0 Å². The molecule has 85 valence electrons. The van der Waals surface area contributed by atoms with Crippen LogP contribution in [0, 0.1) is 0 Å². The molecule has 1 saturated heterocycles. The summed E-state index contributed by atoms with van der Waals surface area (Å²) in [5.41, 5.74) is 0. The number of rotatable bonds is 4. The van der Waals surface area contributed by atoms with Gasteiger partial charge in [-0.3, -0.25) is 0 Å². The fraction of sp³-hybridized carbons (Fsp3) is 1.00. The van der Waals surface area contributed by atoms with Crippen LogP contribution < -0.4 is 0 Å².